The summed E-state index contributed by atoms with van der Waals surface area (Å²) in [5.41, 5.74) is -1.08. The molecule has 1 saturated heterocycles. The molecule has 0 amide bonds. The van der Waals surface area contributed by atoms with Crippen LogP contribution in [0.4, 0.5) is 13.2 Å². The van der Waals surface area contributed by atoms with Gasteiger partial charge in [0.25, 0.3) is 0 Å². The number of β-amino-alcohol motifs (C(OH)–C–C–N with tert-alkyl or cyclic N) is 1. The molecule has 124 valence electrons. The Morgan fingerprint density at radius 3 is 2.83 bits per heavy atom. The number of aliphatic hydroxyl groups is 1. The molecular weight excluding hydrogens is 333 g/mol. The first kappa shape index (κ1) is 16.2. The number of rotatable bonds is 3. The first-order valence-electron chi connectivity index (χ1n) is 6.94. The summed E-state index contributed by atoms with van der Waals surface area (Å²) in [6.45, 7) is 1.00. The van der Waals surface area contributed by atoms with Crippen molar-refractivity contribution in [2.24, 2.45) is 0 Å². The van der Waals surface area contributed by atoms with Crippen LogP contribution >= 0.6 is 11.6 Å². The molecule has 2 N–H and O–H groups in total. The highest BCUT2D eigenvalue weighted by molar-refractivity contribution is 6.31. The van der Waals surface area contributed by atoms with E-state index >= 15 is 0 Å². The Kier molecular flexibility index (Phi) is 4.07. The third kappa shape index (κ3) is 3.34. The lowest BCUT2D eigenvalue weighted by Crippen LogP contribution is -2.31. The number of halogens is 4. The van der Waals surface area contributed by atoms with Gasteiger partial charge in [-0.15, -0.1) is 0 Å². The number of hydrogen-bond donors (Lipinski definition) is 2. The quantitative estimate of drug-likeness (QED) is 0.896. The van der Waals surface area contributed by atoms with Gasteiger partial charge in [0.05, 0.1) is 11.8 Å². The molecule has 0 saturated carbocycles. The Hall–Kier alpha value is -1.64. The van der Waals surface area contributed by atoms with Crippen molar-refractivity contribution in [3.8, 4) is 0 Å². The SMILES string of the molecule is OC1(c2cn[nH]n2)CCN(Cc2cc(C(F)(F)F)ccc2Cl)C1. The van der Waals surface area contributed by atoms with E-state index in [0.717, 1.165) is 12.1 Å². The van der Waals surface area contributed by atoms with Crippen LogP contribution in [-0.4, -0.2) is 38.5 Å². The molecule has 23 heavy (non-hydrogen) atoms. The highest BCUT2D eigenvalue weighted by Gasteiger charge is 2.40. The summed E-state index contributed by atoms with van der Waals surface area (Å²) in [5, 5.41) is 20.9. The van der Waals surface area contributed by atoms with Gasteiger partial charge in [0.2, 0.25) is 0 Å². The van der Waals surface area contributed by atoms with Gasteiger partial charge < -0.3 is 5.11 Å². The summed E-state index contributed by atoms with van der Waals surface area (Å²) < 4.78 is 38.4. The number of H-pyrrole nitrogens is 1. The van der Waals surface area contributed by atoms with E-state index in [9.17, 15) is 18.3 Å². The number of benzene rings is 1. The topological polar surface area (TPSA) is 65.0 Å². The van der Waals surface area contributed by atoms with Crippen molar-refractivity contribution in [3.63, 3.8) is 0 Å². The van der Waals surface area contributed by atoms with Gasteiger partial charge in [-0.3, -0.25) is 4.90 Å². The summed E-state index contributed by atoms with van der Waals surface area (Å²) in [6, 6.07) is 3.26. The third-order valence-corrected chi connectivity index (χ3v) is 4.35. The average Bonchev–Trinajstić information content (AvgIpc) is 3.11. The largest absolute Gasteiger partial charge is 0.416 e. The van der Waals surface area contributed by atoms with E-state index < -0.39 is 17.3 Å². The molecule has 3 rings (SSSR count). The molecule has 0 aliphatic carbocycles. The van der Waals surface area contributed by atoms with Gasteiger partial charge in [-0.25, -0.2) is 0 Å². The Labute approximate surface area is 135 Å². The minimum atomic E-state index is -4.41. The fourth-order valence-corrected chi connectivity index (χ4v) is 2.93. The fourth-order valence-electron chi connectivity index (χ4n) is 2.75. The van der Waals surface area contributed by atoms with Crippen LogP contribution in [-0.2, 0) is 18.3 Å². The molecule has 1 aromatic carbocycles. The van der Waals surface area contributed by atoms with Crippen molar-refractivity contribution >= 4 is 11.6 Å². The molecular formula is C14H14ClF3N4O. The van der Waals surface area contributed by atoms with Gasteiger partial charge in [-0.1, -0.05) is 11.6 Å². The highest BCUT2D eigenvalue weighted by atomic mass is 35.5. The lowest BCUT2D eigenvalue weighted by molar-refractivity contribution is -0.137. The molecule has 1 aliphatic rings. The first-order chi connectivity index (χ1) is 10.8. The first-order valence-corrected chi connectivity index (χ1v) is 7.32. The van der Waals surface area contributed by atoms with E-state index in [-0.39, 0.29) is 18.1 Å². The Bertz CT molecular complexity index is 692. The number of aromatic nitrogens is 3. The van der Waals surface area contributed by atoms with Gasteiger partial charge >= 0.3 is 6.18 Å². The van der Waals surface area contributed by atoms with Crippen molar-refractivity contribution < 1.29 is 18.3 Å². The molecule has 0 bridgehead atoms. The van der Waals surface area contributed by atoms with Crippen LogP contribution < -0.4 is 0 Å². The van der Waals surface area contributed by atoms with Crippen LogP contribution in [0.1, 0.15) is 23.2 Å². The van der Waals surface area contributed by atoms with Crippen LogP contribution in [0.25, 0.3) is 0 Å². The molecule has 9 heteroatoms. The molecule has 0 spiro atoms. The molecule has 1 aromatic heterocycles. The maximum absolute atomic E-state index is 12.8. The highest BCUT2D eigenvalue weighted by Crippen LogP contribution is 2.34. The Morgan fingerprint density at radius 2 is 2.17 bits per heavy atom. The number of likely N-dealkylation sites (tertiary alicyclic amines) is 1. The van der Waals surface area contributed by atoms with Gasteiger partial charge in [-0.2, -0.15) is 28.6 Å². The van der Waals surface area contributed by atoms with E-state index in [2.05, 4.69) is 15.4 Å². The van der Waals surface area contributed by atoms with Crippen LogP contribution in [0.3, 0.4) is 0 Å². The van der Waals surface area contributed by atoms with Crippen LogP contribution in [0.15, 0.2) is 24.4 Å². The van der Waals surface area contributed by atoms with Gasteiger partial charge in [0, 0.05) is 24.7 Å². The second kappa shape index (κ2) is 5.77. The van der Waals surface area contributed by atoms with E-state index in [4.69, 9.17) is 11.6 Å². The van der Waals surface area contributed by atoms with E-state index in [1.807, 2.05) is 4.90 Å². The van der Waals surface area contributed by atoms with Crippen molar-refractivity contribution in [2.75, 3.05) is 13.1 Å². The predicted octanol–water partition coefficient (Wildman–Crippen LogP) is 2.57. The summed E-state index contributed by atoms with van der Waals surface area (Å²) in [7, 11) is 0. The monoisotopic (exact) mass is 346 g/mol. The minimum Gasteiger partial charge on any atom is -0.382 e. The lowest BCUT2D eigenvalue weighted by atomic mass is 10.00. The molecule has 2 heterocycles. The zero-order valence-corrected chi connectivity index (χ0v) is 12.7. The summed E-state index contributed by atoms with van der Waals surface area (Å²) in [4.78, 5) is 1.84. The maximum Gasteiger partial charge on any atom is 0.416 e. The number of alkyl halides is 3. The number of hydrogen-bond acceptors (Lipinski definition) is 4. The summed E-state index contributed by atoms with van der Waals surface area (Å²) >= 11 is 6.01. The van der Waals surface area contributed by atoms with Crippen molar-refractivity contribution in [1.82, 2.24) is 20.3 Å². The summed E-state index contributed by atoms with van der Waals surface area (Å²) in [6.07, 6.45) is -2.54. The molecule has 5 nitrogen and oxygen atoms in total. The maximum atomic E-state index is 12.8. The van der Waals surface area contributed by atoms with Crippen LogP contribution in [0.2, 0.25) is 5.02 Å². The number of nitrogens with one attached hydrogen (secondary N) is 1. The molecule has 1 aliphatic heterocycles. The van der Waals surface area contributed by atoms with Crippen LogP contribution in [0, 0.1) is 0 Å². The van der Waals surface area contributed by atoms with Gasteiger partial charge in [0.15, 0.2) is 0 Å². The molecule has 1 atom stereocenters. The van der Waals surface area contributed by atoms with Crippen molar-refractivity contribution in [2.45, 2.75) is 24.7 Å². The molecule has 1 fully saturated rings. The summed E-state index contributed by atoms with van der Waals surface area (Å²) in [5.74, 6) is 0. The zero-order valence-electron chi connectivity index (χ0n) is 11.9. The van der Waals surface area contributed by atoms with Crippen molar-refractivity contribution in [3.05, 3.63) is 46.2 Å². The molecule has 1 unspecified atom stereocenters. The minimum absolute atomic E-state index is 0.225. The zero-order chi connectivity index (χ0) is 16.7. The van der Waals surface area contributed by atoms with Crippen LogP contribution in [0.5, 0.6) is 0 Å². The van der Waals surface area contributed by atoms with Crippen molar-refractivity contribution in [1.29, 1.82) is 0 Å². The van der Waals surface area contributed by atoms with Gasteiger partial charge in [0.1, 0.15) is 11.3 Å². The predicted molar refractivity (Wildman–Crippen MR) is 76.6 cm³/mol. The smallest absolute Gasteiger partial charge is 0.382 e. The Morgan fingerprint density at radius 1 is 1.39 bits per heavy atom. The standard InChI is InChI=1S/C14H14ClF3N4O/c15-11-2-1-10(14(16,17)18)5-9(11)7-22-4-3-13(23,8-22)12-6-19-21-20-12/h1-2,5-6,23H,3-4,7-8H2,(H,19,20,21). The normalized spacial score (nSPS) is 22.7. The van der Waals surface area contributed by atoms with E-state index in [1.165, 1.54) is 12.3 Å². The van der Waals surface area contributed by atoms with Gasteiger partial charge in [-0.05, 0) is 30.2 Å². The Balaban J connectivity index is 1.76. The molecule has 2 aromatic rings. The fraction of sp³-hybridized carbons (Fsp3) is 0.429. The van der Waals surface area contributed by atoms with E-state index in [0.29, 0.717) is 24.2 Å². The third-order valence-electron chi connectivity index (χ3n) is 3.99. The molecule has 0 radical (unpaired) electrons. The van der Waals surface area contributed by atoms with E-state index in [1.54, 1.807) is 0 Å². The number of aromatic amines is 1. The number of nitrogens with zero attached hydrogens (tertiary/aromatic N) is 3. The average molecular weight is 347 g/mol. The second-order valence-corrected chi connectivity index (χ2v) is 6.06. The lowest BCUT2D eigenvalue weighted by Gasteiger charge is -2.21. The second-order valence-electron chi connectivity index (χ2n) is 5.65.